The summed E-state index contributed by atoms with van der Waals surface area (Å²) in [5.41, 5.74) is 0. The Hall–Kier alpha value is -0.870. The van der Waals surface area contributed by atoms with Crippen molar-refractivity contribution in [3.8, 4) is 0 Å². The van der Waals surface area contributed by atoms with E-state index in [2.05, 4.69) is 15.3 Å². The molecule has 5 heteroatoms. The van der Waals surface area contributed by atoms with E-state index in [9.17, 15) is 0 Å². The molecule has 0 radical (unpaired) electrons. The monoisotopic (exact) mass is 199 g/mol. The summed E-state index contributed by atoms with van der Waals surface area (Å²) < 4.78 is 5.05. The molecule has 0 spiro atoms. The zero-order chi connectivity index (χ0) is 9.10. The quantitative estimate of drug-likeness (QED) is 0.743. The first-order chi connectivity index (χ1) is 6.34. The second kappa shape index (κ2) is 3.89. The van der Waals surface area contributed by atoms with Crippen molar-refractivity contribution in [2.45, 2.75) is 0 Å². The Kier molecular flexibility index (Phi) is 2.61. The summed E-state index contributed by atoms with van der Waals surface area (Å²) in [4.78, 5) is 7.80. The van der Waals surface area contributed by atoms with Gasteiger partial charge in [-0.05, 0) is 17.7 Å². The average Bonchev–Trinajstić information content (AvgIpc) is 2.01. The molecule has 0 amide bonds. The summed E-state index contributed by atoms with van der Waals surface area (Å²) in [5.74, 6) is 1.38. The molecule has 0 bridgehead atoms. The van der Waals surface area contributed by atoms with Gasteiger partial charge in [-0.1, -0.05) is 0 Å². The fourth-order valence-corrected chi connectivity index (χ4v) is 1.23. The molecule has 2 rings (SSSR count). The first-order valence-electron chi connectivity index (χ1n) is 4.15. The number of anilines is 1. The lowest BCUT2D eigenvalue weighted by molar-refractivity contribution is -0.0248. The Labute approximate surface area is 81.3 Å². The molecule has 1 aliphatic heterocycles. The Morgan fingerprint density at radius 1 is 1.62 bits per heavy atom. The minimum absolute atomic E-state index is 0.273. The van der Waals surface area contributed by atoms with Crippen LogP contribution in [-0.2, 0) is 4.74 Å². The van der Waals surface area contributed by atoms with Gasteiger partial charge in [0.25, 0.3) is 0 Å². The van der Waals surface area contributed by atoms with E-state index in [4.69, 9.17) is 16.3 Å². The van der Waals surface area contributed by atoms with E-state index in [1.807, 2.05) is 0 Å². The standard InChI is InChI=1S/C8H10ClN3O/c9-8-10-2-1-7(12-8)11-3-6-4-13-5-6/h1-2,6H,3-5H2,(H,10,11,12). The van der Waals surface area contributed by atoms with Crippen molar-refractivity contribution in [1.29, 1.82) is 0 Å². The van der Waals surface area contributed by atoms with Crippen LogP contribution in [0.5, 0.6) is 0 Å². The van der Waals surface area contributed by atoms with Crippen molar-refractivity contribution in [2.75, 3.05) is 25.1 Å². The van der Waals surface area contributed by atoms with Crippen LogP contribution in [0.4, 0.5) is 5.82 Å². The highest BCUT2D eigenvalue weighted by Gasteiger charge is 2.17. The van der Waals surface area contributed by atoms with Crippen molar-refractivity contribution in [3.05, 3.63) is 17.5 Å². The molecule has 13 heavy (non-hydrogen) atoms. The molecular formula is C8H10ClN3O. The van der Waals surface area contributed by atoms with Crippen LogP contribution in [0.2, 0.25) is 5.28 Å². The fraction of sp³-hybridized carbons (Fsp3) is 0.500. The second-order valence-electron chi connectivity index (χ2n) is 3.00. The number of rotatable bonds is 3. The number of aromatic nitrogens is 2. The summed E-state index contributed by atoms with van der Waals surface area (Å²) in [7, 11) is 0. The van der Waals surface area contributed by atoms with E-state index >= 15 is 0 Å². The lowest BCUT2D eigenvalue weighted by Crippen LogP contribution is -2.33. The number of nitrogens with zero attached hydrogens (tertiary/aromatic N) is 2. The molecule has 1 N–H and O–H groups in total. The summed E-state index contributed by atoms with van der Waals surface area (Å²) in [5, 5.41) is 3.44. The number of hydrogen-bond donors (Lipinski definition) is 1. The second-order valence-corrected chi connectivity index (χ2v) is 3.33. The van der Waals surface area contributed by atoms with Gasteiger partial charge >= 0.3 is 0 Å². The van der Waals surface area contributed by atoms with Gasteiger partial charge < -0.3 is 10.1 Å². The number of hydrogen-bond acceptors (Lipinski definition) is 4. The summed E-state index contributed by atoms with van der Waals surface area (Å²) in [6.07, 6.45) is 1.63. The summed E-state index contributed by atoms with van der Waals surface area (Å²) in [6.45, 7) is 2.56. The molecule has 1 aromatic heterocycles. The molecule has 0 atom stereocenters. The normalized spacial score (nSPS) is 16.7. The molecule has 0 unspecified atom stereocenters. The first-order valence-corrected chi connectivity index (χ1v) is 4.52. The molecular weight excluding hydrogens is 190 g/mol. The van der Waals surface area contributed by atoms with Gasteiger partial charge in [0.1, 0.15) is 5.82 Å². The van der Waals surface area contributed by atoms with Gasteiger partial charge in [-0.2, -0.15) is 0 Å². The van der Waals surface area contributed by atoms with Crippen LogP contribution in [0.15, 0.2) is 12.3 Å². The van der Waals surface area contributed by atoms with Gasteiger partial charge in [0.15, 0.2) is 0 Å². The highest BCUT2D eigenvalue weighted by molar-refractivity contribution is 6.28. The molecule has 0 saturated carbocycles. The van der Waals surface area contributed by atoms with Gasteiger partial charge in [0.05, 0.1) is 13.2 Å². The third-order valence-corrected chi connectivity index (χ3v) is 2.09. The molecule has 1 fully saturated rings. The molecule has 1 aromatic rings. The topological polar surface area (TPSA) is 47.0 Å². The third-order valence-electron chi connectivity index (χ3n) is 1.91. The van der Waals surface area contributed by atoms with Gasteiger partial charge in [-0.3, -0.25) is 0 Å². The molecule has 0 aliphatic carbocycles. The van der Waals surface area contributed by atoms with Gasteiger partial charge in [-0.25, -0.2) is 9.97 Å². The van der Waals surface area contributed by atoms with Crippen LogP contribution >= 0.6 is 11.6 Å². The Morgan fingerprint density at radius 2 is 2.46 bits per heavy atom. The van der Waals surface area contributed by atoms with Crippen LogP contribution in [0, 0.1) is 5.92 Å². The van der Waals surface area contributed by atoms with Crippen LogP contribution in [0.3, 0.4) is 0 Å². The molecule has 1 aliphatic rings. The van der Waals surface area contributed by atoms with Crippen molar-refractivity contribution in [3.63, 3.8) is 0 Å². The van der Waals surface area contributed by atoms with Crippen LogP contribution in [0.1, 0.15) is 0 Å². The van der Waals surface area contributed by atoms with Gasteiger partial charge in [-0.15, -0.1) is 0 Å². The number of nitrogens with one attached hydrogen (secondary N) is 1. The van der Waals surface area contributed by atoms with Crippen molar-refractivity contribution in [1.82, 2.24) is 9.97 Å². The van der Waals surface area contributed by atoms with E-state index in [1.54, 1.807) is 12.3 Å². The predicted molar refractivity (Wildman–Crippen MR) is 49.8 cm³/mol. The number of ether oxygens (including phenoxy) is 1. The largest absolute Gasteiger partial charge is 0.381 e. The maximum Gasteiger partial charge on any atom is 0.224 e. The molecule has 2 heterocycles. The minimum Gasteiger partial charge on any atom is -0.381 e. The third kappa shape index (κ3) is 2.29. The lowest BCUT2D eigenvalue weighted by Gasteiger charge is -2.26. The van der Waals surface area contributed by atoms with E-state index in [1.165, 1.54) is 0 Å². The SMILES string of the molecule is Clc1nccc(NCC2COC2)n1. The first kappa shape index (κ1) is 8.72. The van der Waals surface area contributed by atoms with Crippen LogP contribution in [-0.4, -0.2) is 29.7 Å². The smallest absolute Gasteiger partial charge is 0.224 e. The lowest BCUT2D eigenvalue weighted by atomic mass is 10.1. The zero-order valence-electron chi connectivity index (χ0n) is 7.03. The molecule has 1 saturated heterocycles. The minimum atomic E-state index is 0.273. The Balaban J connectivity index is 1.86. The Morgan fingerprint density at radius 3 is 3.08 bits per heavy atom. The van der Waals surface area contributed by atoms with E-state index in [0.717, 1.165) is 25.6 Å². The van der Waals surface area contributed by atoms with Gasteiger partial charge in [0, 0.05) is 18.7 Å². The highest BCUT2D eigenvalue weighted by Crippen LogP contribution is 2.11. The maximum absolute atomic E-state index is 5.62. The molecule has 0 aromatic carbocycles. The fourth-order valence-electron chi connectivity index (χ4n) is 1.08. The molecule has 4 nitrogen and oxygen atoms in total. The van der Waals surface area contributed by atoms with E-state index in [0.29, 0.717) is 5.92 Å². The highest BCUT2D eigenvalue weighted by atomic mass is 35.5. The van der Waals surface area contributed by atoms with Crippen molar-refractivity contribution in [2.24, 2.45) is 5.92 Å². The van der Waals surface area contributed by atoms with Crippen molar-refractivity contribution < 1.29 is 4.74 Å². The maximum atomic E-state index is 5.62. The summed E-state index contributed by atoms with van der Waals surface area (Å²) >= 11 is 5.62. The average molecular weight is 200 g/mol. The Bertz CT molecular complexity index is 290. The number of halogens is 1. The summed E-state index contributed by atoms with van der Waals surface area (Å²) in [6, 6.07) is 1.80. The molecule has 70 valence electrons. The predicted octanol–water partition coefficient (Wildman–Crippen LogP) is 1.19. The van der Waals surface area contributed by atoms with Crippen LogP contribution in [0.25, 0.3) is 0 Å². The van der Waals surface area contributed by atoms with E-state index in [-0.39, 0.29) is 5.28 Å². The van der Waals surface area contributed by atoms with Gasteiger partial charge in [0.2, 0.25) is 5.28 Å². The van der Waals surface area contributed by atoms with Crippen LogP contribution < -0.4 is 5.32 Å². The van der Waals surface area contributed by atoms with Crippen molar-refractivity contribution >= 4 is 17.4 Å². The van der Waals surface area contributed by atoms with E-state index < -0.39 is 0 Å². The zero-order valence-corrected chi connectivity index (χ0v) is 7.79.